The zero-order valence-electron chi connectivity index (χ0n) is 5.66. The first-order chi connectivity index (χ1) is 5.33. The number of carbonyl (C=O) groups excluding carboxylic acids is 1. The summed E-state index contributed by atoms with van der Waals surface area (Å²) in [5.74, 6) is 0.467. The molecule has 0 bridgehead atoms. The summed E-state index contributed by atoms with van der Waals surface area (Å²) in [5.41, 5.74) is 0. The zero-order chi connectivity index (χ0) is 8.10. The van der Waals surface area contributed by atoms with Crippen LogP contribution in [0.5, 0.6) is 0 Å². The van der Waals surface area contributed by atoms with Gasteiger partial charge < -0.3 is 4.79 Å². The van der Waals surface area contributed by atoms with E-state index in [2.05, 4.69) is 20.9 Å². The van der Waals surface area contributed by atoms with Gasteiger partial charge in [-0.2, -0.15) is 0 Å². The second-order valence-corrected chi connectivity index (χ2v) is 3.75. The highest BCUT2D eigenvalue weighted by Gasteiger charge is 1.92. The van der Waals surface area contributed by atoms with Crippen LogP contribution in [-0.2, 0) is 4.79 Å². The van der Waals surface area contributed by atoms with Gasteiger partial charge in [0, 0.05) is 10.7 Å². The van der Waals surface area contributed by atoms with Crippen molar-refractivity contribution in [3.63, 3.8) is 0 Å². The molecule has 1 aromatic heterocycles. The van der Waals surface area contributed by atoms with Gasteiger partial charge in [-0.05, 0) is 28.1 Å². The molecule has 1 heterocycles. The van der Waals surface area contributed by atoms with E-state index >= 15 is 0 Å². The molecule has 4 heteroatoms. The molecule has 0 aliphatic heterocycles. The Labute approximate surface area is 77.5 Å². The minimum absolute atomic E-state index is 0.467. The van der Waals surface area contributed by atoms with Crippen LogP contribution in [0.15, 0.2) is 27.8 Å². The van der Waals surface area contributed by atoms with Gasteiger partial charge in [0.05, 0.1) is 10.8 Å². The fourth-order valence-electron chi connectivity index (χ4n) is 0.567. The molecule has 0 atom stereocenters. The van der Waals surface area contributed by atoms with Gasteiger partial charge in [0.15, 0.2) is 0 Å². The average molecular weight is 232 g/mol. The molecule has 0 amide bonds. The third-order valence-electron chi connectivity index (χ3n) is 1.000. The van der Waals surface area contributed by atoms with Crippen molar-refractivity contribution < 1.29 is 4.79 Å². The van der Waals surface area contributed by atoms with Crippen molar-refractivity contribution in [2.75, 3.05) is 5.75 Å². The number of carbonyl (C=O) groups is 1. The number of hydrogen-bond donors (Lipinski definition) is 0. The van der Waals surface area contributed by atoms with Crippen LogP contribution in [0.1, 0.15) is 0 Å². The van der Waals surface area contributed by atoms with Crippen LogP contribution in [0.4, 0.5) is 0 Å². The molecule has 0 saturated carbocycles. The topological polar surface area (TPSA) is 30.0 Å². The Morgan fingerprint density at radius 1 is 1.64 bits per heavy atom. The maximum Gasteiger partial charge on any atom is 0.130 e. The molecule has 58 valence electrons. The first kappa shape index (κ1) is 8.74. The summed E-state index contributed by atoms with van der Waals surface area (Å²) in [5, 5.41) is 0.875. The van der Waals surface area contributed by atoms with Crippen molar-refractivity contribution in [1.29, 1.82) is 0 Å². The Balaban J connectivity index is 2.58. The minimum atomic E-state index is 0.467. The lowest BCUT2D eigenvalue weighted by atomic mass is 10.5. The third kappa shape index (κ3) is 3.03. The van der Waals surface area contributed by atoms with E-state index in [0.29, 0.717) is 5.75 Å². The summed E-state index contributed by atoms with van der Waals surface area (Å²) in [7, 11) is 0. The standard InChI is InChI=1S/C7H6BrNOS/c8-6-1-2-7(9-5-6)11-4-3-10/h1-3,5H,4H2. The second-order valence-electron chi connectivity index (χ2n) is 1.79. The summed E-state index contributed by atoms with van der Waals surface area (Å²) in [4.78, 5) is 14.1. The number of aldehydes is 1. The number of rotatable bonds is 3. The Morgan fingerprint density at radius 3 is 3.00 bits per heavy atom. The molecule has 0 aliphatic carbocycles. The first-order valence-electron chi connectivity index (χ1n) is 3.01. The molecule has 0 N–H and O–H groups in total. The molecule has 0 aromatic carbocycles. The van der Waals surface area contributed by atoms with Crippen molar-refractivity contribution in [2.45, 2.75) is 5.03 Å². The molecule has 11 heavy (non-hydrogen) atoms. The van der Waals surface area contributed by atoms with Gasteiger partial charge in [-0.25, -0.2) is 4.98 Å². The quantitative estimate of drug-likeness (QED) is 0.590. The molecule has 0 unspecified atom stereocenters. The maximum absolute atomic E-state index is 9.99. The first-order valence-corrected chi connectivity index (χ1v) is 4.79. The molecule has 0 fully saturated rings. The van der Waals surface area contributed by atoms with Gasteiger partial charge in [0.2, 0.25) is 0 Å². The van der Waals surface area contributed by atoms with Crippen LogP contribution in [0.3, 0.4) is 0 Å². The van der Waals surface area contributed by atoms with Crippen molar-refractivity contribution in [3.8, 4) is 0 Å². The molecular formula is C7H6BrNOS. The normalized spacial score (nSPS) is 9.55. The van der Waals surface area contributed by atoms with Crippen LogP contribution < -0.4 is 0 Å². The highest BCUT2D eigenvalue weighted by molar-refractivity contribution is 9.10. The Morgan fingerprint density at radius 2 is 2.45 bits per heavy atom. The molecule has 2 nitrogen and oxygen atoms in total. The Kier molecular flexibility index (Phi) is 3.59. The second kappa shape index (κ2) is 4.51. The van der Waals surface area contributed by atoms with E-state index in [-0.39, 0.29) is 0 Å². The SMILES string of the molecule is O=CCSc1ccc(Br)cn1. The van der Waals surface area contributed by atoms with Crippen LogP contribution >= 0.6 is 27.7 Å². The van der Waals surface area contributed by atoms with E-state index in [9.17, 15) is 4.79 Å². The van der Waals surface area contributed by atoms with Crippen molar-refractivity contribution in [2.24, 2.45) is 0 Å². The predicted octanol–water partition coefficient (Wildman–Crippen LogP) is 2.14. The largest absolute Gasteiger partial charge is 0.302 e. The van der Waals surface area contributed by atoms with Gasteiger partial charge in [-0.3, -0.25) is 0 Å². The number of hydrogen-bond acceptors (Lipinski definition) is 3. The lowest BCUT2D eigenvalue weighted by molar-refractivity contribution is -0.105. The van der Waals surface area contributed by atoms with Crippen LogP contribution in [0.25, 0.3) is 0 Å². The number of pyridine rings is 1. The lowest BCUT2D eigenvalue weighted by Crippen LogP contribution is -1.82. The van der Waals surface area contributed by atoms with Crippen LogP contribution in [0, 0.1) is 0 Å². The van der Waals surface area contributed by atoms with Crippen LogP contribution in [-0.4, -0.2) is 17.0 Å². The van der Waals surface area contributed by atoms with E-state index < -0.39 is 0 Å². The molecule has 0 aliphatic rings. The van der Waals surface area contributed by atoms with E-state index in [1.807, 2.05) is 12.1 Å². The fraction of sp³-hybridized carbons (Fsp3) is 0.143. The molecule has 0 radical (unpaired) electrons. The Bertz CT molecular complexity index is 237. The zero-order valence-corrected chi connectivity index (χ0v) is 8.06. The third-order valence-corrected chi connectivity index (χ3v) is 2.31. The monoisotopic (exact) mass is 231 g/mol. The molecular weight excluding hydrogens is 226 g/mol. The van der Waals surface area contributed by atoms with Gasteiger partial charge in [-0.15, -0.1) is 0 Å². The van der Waals surface area contributed by atoms with Gasteiger partial charge >= 0.3 is 0 Å². The summed E-state index contributed by atoms with van der Waals surface area (Å²) in [6, 6.07) is 3.78. The van der Waals surface area contributed by atoms with Crippen molar-refractivity contribution in [1.82, 2.24) is 4.98 Å². The number of aromatic nitrogens is 1. The summed E-state index contributed by atoms with van der Waals surface area (Å²) < 4.78 is 0.952. The van der Waals surface area contributed by atoms with Crippen molar-refractivity contribution >= 4 is 34.0 Å². The van der Waals surface area contributed by atoms with E-state index in [0.717, 1.165) is 15.8 Å². The highest BCUT2D eigenvalue weighted by atomic mass is 79.9. The number of nitrogens with zero attached hydrogens (tertiary/aromatic N) is 1. The van der Waals surface area contributed by atoms with Gasteiger partial charge in [-0.1, -0.05) is 11.8 Å². The minimum Gasteiger partial charge on any atom is -0.302 e. The predicted molar refractivity (Wildman–Crippen MR) is 48.7 cm³/mol. The van der Waals surface area contributed by atoms with Crippen molar-refractivity contribution in [3.05, 3.63) is 22.8 Å². The molecule has 1 aromatic rings. The number of halogens is 1. The van der Waals surface area contributed by atoms with Crippen LogP contribution in [0.2, 0.25) is 0 Å². The van der Waals surface area contributed by atoms with E-state index in [1.54, 1.807) is 6.20 Å². The summed E-state index contributed by atoms with van der Waals surface area (Å²) >= 11 is 4.70. The van der Waals surface area contributed by atoms with Gasteiger partial charge in [0.1, 0.15) is 6.29 Å². The van der Waals surface area contributed by atoms with Gasteiger partial charge in [0.25, 0.3) is 0 Å². The number of thioether (sulfide) groups is 1. The smallest absolute Gasteiger partial charge is 0.130 e. The fourth-order valence-corrected chi connectivity index (χ4v) is 1.33. The lowest BCUT2D eigenvalue weighted by Gasteiger charge is -1.94. The molecule has 1 rings (SSSR count). The summed E-state index contributed by atoms with van der Waals surface area (Å²) in [6.45, 7) is 0. The average Bonchev–Trinajstić information content (AvgIpc) is 2.04. The molecule has 0 spiro atoms. The Hall–Kier alpha value is -0.350. The van der Waals surface area contributed by atoms with E-state index in [1.165, 1.54) is 11.8 Å². The highest BCUT2D eigenvalue weighted by Crippen LogP contribution is 2.15. The molecule has 0 saturated heterocycles. The summed E-state index contributed by atoms with van der Waals surface area (Å²) in [6.07, 6.45) is 2.58. The van der Waals surface area contributed by atoms with E-state index in [4.69, 9.17) is 0 Å². The maximum atomic E-state index is 9.99.